The Hall–Kier alpha value is -2.37. The predicted octanol–water partition coefficient (Wildman–Crippen LogP) is 2.35. The molecule has 2 unspecified atom stereocenters. The van der Waals surface area contributed by atoms with E-state index in [1.807, 2.05) is 20.8 Å². The van der Waals surface area contributed by atoms with Gasteiger partial charge in [-0.05, 0) is 33.8 Å². The summed E-state index contributed by atoms with van der Waals surface area (Å²) in [6.45, 7) is 14.4. The summed E-state index contributed by atoms with van der Waals surface area (Å²) in [4.78, 5) is 25.9. The minimum atomic E-state index is -0.565. The molecule has 6 heteroatoms. The maximum atomic E-state index is 12.2. The summed E-state index contributed by atoms with van der Waals surface area (Å²) in [7, 11) is 1.78. The van der Waals surface area contributed by atoms with Crippen LogP contribution in [0, 0.1) is 5.92 Å². The van der Waals surface area contributed by atoms with Crippen molar-refractivity contribution >= 4 is 18.0 Å². The highest BCUT2D eigenvalue weighted by molar-refractivity contribution is 5.94. The number of carbonyl (C=O) groups is 2. The van der Waals surface area contributed by atoms with Gasteiger partial charge in [-0.15, -0.1) is 6.58 Å². The van der Waals surface area contributed by atoms with E-state index >= 15 is 0 Å². The average molecular weight is 333 g/mol. The van der Waals surface area contributed by atoms with Gasteiger partial charge in [-0.2, -0.15) is 5.10 Å². The van der Waals surface area contributed by atoms with Gasteiger partial charge in [-0.25, -0.2) is 0 Å². The first-order valence-electron chi connectivity index (χ1n) is 7.81. The fourth-order valence-electron chi connectivity index (χ4n) is 2.61. The van der Waals surface area contributed by atoms with Gasteiger partial charge in [0.1, 0.15) is 18.3 Å². The van der Waals surface area contributed by atoms with E-state index in [4.69, 9.17) is 4.74 Å². The summed E-state index contributed by atoms with van der Waals surface area (Å²) in [6.07, 6.45) is 6.18. The second-order valence-electron chi connectivity index (χ2n) is 6.65. The maximum Gasteiger partial charge on any atom is 0.326 e. The zero-order valence-corrected chi connectivity index (χ0v) is 15.2. The van der Waals surface area contributed by atoms with Crippen molar-refractivity contribution in [2.75, 3.05) is 13.6 Å². The Morgan fingerprint density at radius 2 is 2.04 bits per heavy atom. The fourth-order valence-corrected chi connectivity index (χ4v) is 2.61. The molecule has 132 valence electrons. The highest BCUT2D eigenvalue weighted by Gasteiger charge is 2.39. The molecule has 2 atom stereocenters. The van der Waals surface area contributed by atoms with Crippen LogP contribution >= 0.6 is 0 Å². The lowest BCUT2D eigenvalue weighted by Crippen LogP contribution is -2.46. The van der Waals surface area contributed by atoms with Crippen molar-refractivity contribution in [3.05, 3.63) is 37.1 Å². The minimum absolute atomic E-state index is 0.0248. The molecule has 6 nitrogen and oxygen atoms in total. The van der Waals surface area contributed by atoms with Crippen LogP contribution in [0.5, 0.6) is 0 Å². The molecule has 0 aliphatic carbocycles. The Balaban J connectivity index is 3.08. The molecule has 0 aromatic rings. The van der Waals surface area contributed by atoms with Crippen LogP contribution in [0.25, 0.3) is 0 Å². The van der Waals surface area contributed by atoms with Crippen molar-refractivity contribution in [1.29, 1.82) is 0 Å². The second-order valence-corrected chi connectivity index (χ2v) is 6.65. The normalized spacial score (nSPS) is 20.7. The van der Waals surface area contributed by atoms with Gasteiger partial charge in [0.15, 0.2) is 5.78 Å². The molecule has 0 N–H and O–H groups in total. The molecule has 1 aliphatic rings. The molecular weight excluding hydrogens is 306 g/mol. The van der Waals surface area contributed by atoms with E-state index in [1.54, 1.807) is 41.5 Å². The van der Waals surface area contributed by atoms with E-state index < -0.39 is 5.60 Å². The molecule has 0 spiro atoms. The predicted molar refractivity (Wildman–Crippen MR) is 95.2 cm³/mol. The van der Waals surface area contributed by atoms with Gasteiger partial charge in [0.25, 0.3) is 0 Å². The molecule has 0 amide bonds. The molecule has 1 aliphatic heterocycles. The third kappa shape index (κ3) is 5.08. The fraction of sp³-hybridized carbons (Fsp3) is 0.500. The molecule has 0 saturated heterocycles. The van der Waals surface area contributed by atoms with Gasteiger partial charge in [0.05, 0.1) is 0 Å². The van der Waals surface area contributed by atoms with E-state index in [-0.39, 0.29) is 30.4 Å². The van der Waals surface area contributed by atoms with Crippen LogP contribution in [0.2, 0.25) is 0 Å². The van der Waals surface area contributed by atoms with Crippen molar-refractivity contribution in [2.45, 2.75) is 39.5 Å². The first-order chi connectivity index (χ1) is 11.1. The lowest BCUT2D eigenvalue weighted by molar-refractivity contribution is -0.156. The Labute approximate surface area is 144 Å². The summed E-state index contributed by atoms with van der Waals surface area (Å²) in [5.74, 6) is -0.674. The van der Waals surface area contributed by atoms with E-state index in [1.165, 1.54) is 6.92 Å². The molecule has 1 rings (SSSR count). The second kappa shape index (κ2) is 7.95. The summed E-state index contributed by atoms with van der Waals surface area (Å²) >= 11 is 0. The molecule has 0 aromatic carbocycles. The van der Waals surface area contributed by atoms with Crippen LogP contribution in [0.3, 0.4) is 0 Å². The zero-order valence-electron chi connectivity index (χ0n) is 15.2. The molecule has 1 heterocycles. The van der Waals surface area contributed by atoms with Crippen LogP contribution in [-0.4, -0.2) is 53.2 Å². The number of Topliss-reactive ketones (excluding diaryl/α,β-unsaturated/α-hetero) is 1. The number of hydrazone groups is 1. The number of ether oxygens (including phenoxy) is 1. The average Bonchev–Trinajstić information content (AvgIpc) is 2.81. The number of hydrogen-bond donors (Lipinski definition) is 0. The quantitative estimate of drug-likeness (QED) is 0.310. The van der Waals surface area contributed by atoms with Crippen LogP contribution in [0.1, 0.15) is 27.7 Å². The van der Waals surface area contributed by atoms with E-state index in [2.05, 4.69) is 18.3 Å². The number of carbonyl (C=O) groups excluding carboxylic acids is 2. The van der Waals surface area contributed by atoms with Gasteiger partial charge in [-0.3, -0.25) is 14.6 Å². The third-order valence-corrected chi connectivity index (χ3v) is 3.45. The Morgan fingerprint density at radius 1 is 1.42 bits per heavy atom. The zero-order chi connectivity index (χ0) is 18.5. The topological polar surface area (TPSA) is 62.2 Å². The molecular formula is C18H27N3O3. The number of allylic oxidation sites excluding steroid dienone is 1. The van der Waals surface area contributed by atoms with Crippen molar-refractivity contribution in [3.8, 4) is 0 Å². The standard InChI is InChI=1S/C18H27N3O3/c1-8-10-19-20(7)17-14(9-2)15(13(3)22)11-21(17)12-16(23)24-18(4,5)6/h8-11,14,17H,1-2,12H2,3-7H3/b19-10-. The lowest BCUT2D eigenvalue weighted by Gasteiger charge is -2.34. The Morgan fingerprint density at radius 3 is 2.50 bits per heavy atom. The van der Waals surface area contributed by atoms with Crippen molar-refractivity contribution in [1.82, 2.24) is 9.91 Å². The van der Waals surface area contributed by atoms with Gasteiger partial charge < -0.3 is 9.64 Å². The van der Waals surface area contributed by atoms with Gasteiger partial charge >= 0.3 is 5.97 Å². The van der Waals surface area contributed by atoms with E-state index in [0.29, 0.717) is 5.57 Å². The van der Waals surface area contributed by atoms with Crippen LogP contribution < -0.4 is 0 Å². The summed E-state index contributed by atoms with van der Waals surface area (Å²) in [5.41, 5.74) is 0.0312. The number of ketones is 1. The highest BCUT2D eigenvalue weighted by atomic mass is 16.6. The molecule has 0 fully saturated rings. The van der Waals surface area contributed by atoms with Gasteiger partial charge in [0, 0.05) is 31.0 Å². The van der Waals surface area contributed by atoms with E-state index in [0.717, 1.165) is 0 Å². The molecule has 0 aromatic heterocycles. The monoisotopic (exact) mass is 333 g/mol. The number of esters is 1. The maximum absolute atomic E-state index is 12.2. The van der Waals surface area contributed by atoms with Crippen molar-refractivity contribution in [3.63, 3.8) is 0 Å². The van der Waals surface area contributed by atoms with Crippen LogP contribution in [-0.2, 0) is 14.3 Å². The summed E-state index contributed by atoms with van der Waals surface area (Å²) in [5, 5.41) is 5.94. The van der Waals surface area contributed by atoms with Crippen LogP contribution in [0.4, 0.5) is 0 Å². The first-order valence-corrected chi connectivity index (χ1v) is 7.81. The van der Waals surface area contributed by atoms with E-state index in [9.17, 15) is 9.59 Å². The number of hydrogen-bond acceptors (Lipinski definition) is 6. The molecule has 0 bridgehead atoms. The lowest BCUT2D eigenvalue weighted by atomic mass is 9.96. The molecule has 24 heavy (non-hydrogen) atoms. The SMILES string of the molecule is C=C/C=N\N(C)C1C(C=C)C(C(C)=O)=CN1CC(=O)OC(C)(C)C. The number of nitrogens with zero attached hydrogens (tertiary/aromatic N) is 3. The number of rotatable bonds is 7. The molecule has 0 radical (unpaired) electrons. The Kier molecular flexibility index (Phi) is 6.51. The first kappa shape index (κ1) is 19.7. The minimum Gasteiger partial charge on any atom is -0.459 e. The summed E-state index contributed by atoms with van der Waals surface area (Å²) < 4.78 is 5.38. The Bertz CT molecular complexity index is 573. The molecule has 0 saturated carbocycles. The smallest absolute Gasteiger partial charge is 0.326 e. The van der Waals surface area contributed by atoms with Gasteiger partial charge in [-0.1, -0.05) is 12.7 Å². The highest BCUT2D eigenvalue weighted by Crippen LogP contribution is 2.32. The van der Waals surface area contributed by atoms with Crippen LogP contribution in [0.15, 0.2) is 42.2 Å². The van der Waals surface area contributed by atoms with Gasteiger partial charge in [0.2, 0.25) is 0 Å². The van der Waals surface area contributed by atoms with Crippen molar-refractivity contribution < 1.29 is 14.3 Å². The van der Waals surface area contributed by atoms with Crippen molar-refractivity contribution in [2.24, 2.45) is 11.0 Å². The summed E-state index contributed by atoms with van der Waals surface area (Å²) in [6, 6.07) is 0. The largest absolute Gasteiger partial charge is 0.459 e. The third-order valence-electron chi connectivity index (χ3n) is 3.45.